The molecule has 0 radical (unpaired) electrons. The summed E-state index contributed by atoms with van der Waals surface area (Å²) in [6.45, 7) is 2.58. The van der Waals surface area contributed by atoms with E-state index in [0.29, 0.717) is 0 Å². The van der Waals surface area contributed by atoms with Crippen molar-refractivity contribution in [2.75, 3.05) is 12.4 Å². The Kier molecular flexibility index (Phi) is 6.40. The van der Waals surface area contributed by atoms with Crippen molar-refractivity contribution in [3.63, 3.8) is 0 Å². The summed E-state index contributed by atoms with van der Waals surface area (Å²) in [5.74, 6) is -6.75. The van der Waals surface area contributed by atoms with E-state index in [1.165, 1.54) is 31.3 Å². The molecule has 4 atom stereocenters. The predicted octanol–water partition coefficient (Wildman–Crippen LogP) is 3.25. The topological polar surface area (TPSA) is 104 Å². The number of anilines is 1. The highest BCUT2D eigenvalue weighted by molar-refractivity contribution is 5.97. The summed E-state index contributed by atoms with van der Waals surface area (Å²) in [6, 6.07) is 4.58. The quantitative estimate of drug-likeness (QED) is 0.651. The first-order valence-corrected chi connectivity index (χ1v) is 9.55. The van der Waals surface area contributed by atoms with Crippen molar-refractivity contribution in [1.82, 2.24) is 4.98 Å². The van der Waals surface area contributed by atoms with Crippen molar-refractivity contribution < 1.29 is 36.6 Å². The van der Waals surface area contributed by atoms with E-state index in [1.54, 1.807) is 0 Å². The standard InChI is InChI=1S/C21H21F4N3O4/c1-9-14(11-4-5-12(22)15(23)16(11)31-3)17(32-21(9,2)20(24)25)19(30)28-10-6-7-27-13(8-10)18(26)29/h4-9,14,17,20H,1-3H3,(H2,26,29)(H,27,28,30). The van der Waals surface area contributed by atoms with Crippen LogP contribution in [0.1, 0.15) is 35.8 Å². The molecule has 7 nitrogen and oxygen atoms in total. The highest BCUT2D eigenvalue weighted by atomic mass is 19.3. The van der Waals surface area contributed by atoms with Gasteiger partial charge in [-0.05, 0) is 25.1 Å². The summed E-state index contributed by atoms with van der Waals surface area (Å²) >= 11 is 0. The van der Waals surface area contributed by atoms with Crippen molar-refractivity contribution in [2.24, 2.45) is 11.7 Å². The third-order valence-corrected chi connectivity index (χ3v) is 5.77. The van der Waals surface area contributed by atoms with Crippen molar-refractivity contribution in [1.29, 1.82) is 0 Å². The lowest BCUT2D eigenvalue weighted by Crippen LogP contribution is -2.40. The van der Waals surface area contributed by atoms with Gasteiger partial charge in [0.1, 0.15) is 17.4 Å². The third-order valence-electron chi connectivity index (χ3n) is 5.77. The van der Waals surface area contributed by atoms with Crippen molar-refractivity contribution in [3.05, 3.63) is 53.4 Å². The van der Waals surface area contributed by atoms with Crippen LogP contribution in [0.15, 0.2) is 30.5 Å². The van der Waals surface area contributed by atoms with Gasteiger partial charge < -0.3 is 20.5 Å². The van der Waals surface area contributed by atoms with Gasteiger partial charge in [0.2, 0.25) is 5.82 Å². The van der Waals surface area contributed by atoms with Gasteiger partial charge in [-0.25, -0.2) is 13.2 Å². The van der Waals surface area contributed by atoms with E-state index in [1.807, 2.05) is 0 Å². The number of halogens is 4. The fourth-order valence-corrected chi connectivity index (χ4v) is 3.85. The van der Waals surface area contributed by atoms with E-state index in [4.69, 9.17) is 15.2 Å². The van der Waals surface area contributed by atoms with E-state index in [2.05, 4.69) is 10.3 Å². The largest absolute Gasteiger partial charge is 0.493 e. The van der Waals surface area contributed by atoms with Crippen LogP contribution in [0.5, 0.6) is 5.75 Å². The molecular weight excluding hydrogens is 434 g/mol. The molecule has 2 aromatic rings. The van der Waals surface area contributed by atoms with Crippen LogP contribution in [-0.4, -0.2) is 42.0 Å². The number of rotatable bonds is 6. The number of aromatic nitrogens is 1. The zero-order valence-corrected chi connectivity index (χ0v) is 17.4. The second-order valence-electron chi connectivity index (χ2n) is 7.60. The van der Waals surface area contributed by atoms with E-state index in [0.717, 1.165) is 20.1 Å². The molecule has 172 valence electrons. The van der Waals surface area contributed by atoms with Crippen LogP contribution in [-0.2, 0) is 9.53 Å². The molecule has 0 bridgehead atoms. The minimum Gasteiger partial charge on any atom is -0.493 e. The van der Waals surface area contributed by atoms with E-state index >= 15 is 0 Å². The molecule has 0 spiro atoms. The summed E-state index contributed by atoms with van der Waals surface area (Å²) in [6.07, 6.45) is -3.25. The number of alkyl halides is 2. The Morgan fingerprint density at radius 2 is 1.97 bits per heavy atom. The van der Waals surface area contributed by atoms with Crippen LogP contribution < -0.4 is 15.8 Å². The summed E-state index contributed by atoms with van der Waals surface area (Å²) in [5, 5.41) is 2.47. The van der Waals surface area contributed by atoms with Gasteiger partial charge in [0, 0.05) is 29.3 Å². The van der Waals surface area contributed by atoms with Gasteiger partial charge in [-0.3, -0.25) is 14.6 Å². The number of ether oxygens (including phenoxy) is 2. The van der Waals surface area contributed by atoms with Crippen molar-refractivity contribution >= 4 is 17.5 Å². The number of primary amides is 1. The molecule has 1 aromatic heterocycles. The number of methoxy groups -OCH3 is 1. The van der Waals surface area contributed by atoms with Gasteiger partial charge in [0.25, 0.3) is 18.2 Å². The highest BCUT2D eigenvalue weighted by Gasteiger charge is 2.58. The summed E-state index contributed by atoms with van der Waals surface area (Å²) in [4.78, 5) is 28.1. The zero-order chi connectivity index (χ0) is 23.8. The average molecular weight is 455 g/mol. The molecule has 4 unspecified atom stereocenters. The van der Waals surface area contributed by atoms with Gasteiger partial charge in [-0.2, -0.15) is 4.39 Å². The molecule has 1 aliphatic heterocycles. The molecule has 1 aliphatic rings. The lowest BCUT2D eigenvalue weighted by Gasteiger charge is -2.28. The Bertz CT molecular complexity index is 1050. The third kappa shape index (κ3) is 3.99. The van der Waals surface area contributed by atoms with Crippen LogP contribution in [0.3, 0.4) is 0 Å². The maximum absolute atomic E-state index is 14.3. The zero-order valence-electron chi connectivity index (χ0n) is 17.4. The smallest absolute Gasteiger partial charge is 0.267 e. The molecule has 0 aliphatic carbocycles. The minimum absolute atomic E-state index is 0.0102. The Labute approximate surface area is 180 Å². The normalized spacial score (nSPS) is 25.1. The number of nitrogens with one attached hydrogen (secondary N) is 1. The van der Waals surface area contributed by atoms with Gasteiger partial charge in [0.05, 0.1) is 7.11 Å². The summed E-state index contributed by atoms with van der Waals surface area (Å²) in [5.41, 5.74) is 3.13. The number of carbonyl (C=O) groups is 2. The fourth-order valence-electron chi connectivity index (χ4n) is 3.85. The van der Waals surface area contributed by atoms with E-state index in [9.17, 15) is 27.2 Å². The van der Waals surface area contributed by atoms with Gasteiger partial charge in [-0.1, -0.05) is 13.0 Å². The second kappa shape index (κ2) is 8.73. The number of amides is 2. The van der Waals surface area contributed by atoms with Crippen molar-refractivity contribution in [2.45, 2.75) is 37.9 Å². The first-order chi connectivity index (χ1) is 15.0. The molecule has 1 aromatic carbocycles. The highest BCUT2D eigenvalue weighted by Crippen LogP contribution is 2.51. The number of hydrogen-bond donors (Lipinski definition) is 2. The lowest BCUT2D eigenvalue weighted by atomic mass is 9.77. The van der Waals surface area contributed by atoms with Gasteiger partial charge >= 0.3 is 0 Å². The number of nitrogens with zero attached hydrogens (tertiary/aromatic N) is 1. The Morgan fingerprint density at radius 1 is 1.28 bits per heavy atom. The lowest BCUT2D eigenvalue weighted by molar-refractivity contribution is -0.151. The van der Waals surface area contributed by atoms with Gasteiger partial charge in [-0.15, -0.1) is 0 Å². The van der Waals surface area contributed by atoms with E-state index in [-0.39, 0.29) is 16.9 Å². The fraction of sp³-hybridized carbons (Fsp3) is 0.381. The van der Waals surface area contributed by atoms with Crippen LogP contribution in [0.25, 0.3) is 0 Å². The van der Waals surface area contributed by atoms with Crippen LogP contribution in [0.2, 0.25) is 0 Å². The average Bonchev–Trinajstić information content (AvgIpc) is 3.02. The second-order valence-corrected chi connectivity index (χ2v) is 7.60. The number of pyridine rings is 1. The molecule has 1 fully saturated rings. The monoisotopic (exact) mass is 455 g/mol. The van der Waals surface area contributed by atoms with Gasteiger partial charge in [0.15, 0.2) is 11.6 Å². The number of benzene rings is 1. The molecule has 32 heavy (non-hydrogen) atoms. The molecular formula is C21H21F4N3O4. The minimum atomic E-state index is -2.98. The number of nitrogens with two attached hydrogens (primary N) is 1. The molecule has 1 saturated heterocycles. The molecule has 3 N–H and O–H groups in total. The Hall–Kier alpha value is -3.21. The van der Waals surface area contributed by atoms with Crippen molar-refractivity contribution in [3.8, 4) is 5.75 Å². The number of hydrogen-bond acceptors (Lipinski definition) is 5. The molecule has 2 amide bonds. The van der Waals surface area contributed by atoms with Crippen LogP contribution >= 0.6 is 0 Å². The Morgan fingerprint density at radius 3 is 2.56 bits per heavy atom. The number of carbonyl (C=O) groups excluding carboxylic acids is 2. The first kappa shape index (κ1) is 23.5. The predicted molar refractivity (Wildman–Crippen MR) is 105 cm³/mol. The van der Waals surface area contributed by atoms with Crippen LogP contribution in [0, 0.1) is 17.6 Å². The maximum atomic E-state index is 14.3. The van der Waals surface area contributed by atoms with E-state index < -0.39 is 59.2 Å². The SMILES string of the molecule is COc1c(C2C(C(=O)Nc3ccnc(C(N)=O)c3)OC(C)(C(F)F)C2C)ccc(F)c1F. The summed E-state index contributed by atoms with van der Waals surface area (Å²) in [7, 11) is 1.10. The summed E-state index contributed by atoms with van der Waals surface area (Å²) < 4.78 is 66.4. The molecule has 11 heteroatoms. The molecule has 3 rings (SSSR count). The molecule has 2 heterocycles. The first-order valence-electron chi connectivity index (χ1n) is 9.55. The van der Waals surface area contributed by atoms with Crippen LogP contribution in [0.4, 0.5) is 23.2 Å². The molecule has 0 saturated carbocycles. The maximum Gasteiger partial charge on any atom is 0.267 e. The Balaban J connectivity index is 2.04.